The molecule has 7 nitrogen and oxygen atoms in total. The number of aliphatic carboxylic acids is 1. The minimum absolute atomic E-state index is 0.104. The maximum absolute atomic E-state index is 10.2. The number of hydrogen-bond acceptors (Lipinski definition) is 5. The van der Waals surface area contributed by atoms with Gasteiger partial charge in [0.2, 0.25) is 18.5 Å². The highest BCUT2D eigenvalue weighted by Crippen LogP contribution is 1.99. The molecular formula is C14H22N4O3. The molecule has 0 fully saturated rings. The molecule has 1 aliphatic rings. The highest BCUT2D eigenvalue weighted by molar-refractivity contribution is 5.92. The Morgan fingerprint density at radius 3 is 2.05 bits per heavy atom. The van der Waals surface area contributed by atoms with Gasteiger partial charge in [-0.05, 0) is 13.8 Å². The molecule has 1 aromatic carbocycles. The van der Waals surface area contributed by atoms with Crippen molar-refractivity contribution in [3.8, 4) is 0 Å². The molecule has 1 aromatic rings. The zero-order valence-corrected chi connectivity index (χ0v) is 12.7. The Morgan fingerprint density at radius 1 is 1.24 bits per heavy atom. The predicted molar refractivity (Wildman–Crippen MR) is 81.6 cm³/mol. The van der Waals surface area contributed by atoms with Gasteiger partial charge < -0.3 is 5.11 Å². The first-order chi connectivity index (χ1) is 10.0. The topological polar surface area (TPSA) is 103 Å². The third-order valence-corrected chi connectivity index (χ3v) is 2.23. The molecule has 7 heteroatoms. The van der Waals surface area contributed by atoms with Crippen LogP contribution in [0.1, 0.15) is 25.0 Å². The van der Waals surface area contributed by atoms with Crippen LogP contribution < -0.4 is 16.2 Å². The summed E-state index contributed by atoms with van der Waals surface area (Å²) in [6.45, 7) is 8.19. The number of guanidine groups is 1. The fourth-order valence-electron chi connectivity index (χ4n) is 1.21. The highest BCUT2D eigenvalue weighted by atomic mass is 16.4. The summed E-state index contributed by atoms with van der Waals surface area (Å²) in [5, 5.41) is 10.5. The van der Waals surface area contributed by atoms with Crippen LogP contribution >= 0.6 is 0 Å². The lowest BCUT2D eigenvalue weighted by Crippen LogP contribution is -2.42. The van der Waals surface area contributed by atoms with Crippen molar-refractivity contribution in [3.63, 3.8) is 0 Å². The number of carboxylic acids is 1. The van der Waals surface area contributed by atoms with Crippen molar-refractivity contribution in [2.45, 2.75) is 33.9 Å². The number of amides is 1. The number of benzene rings is 1. The van der Waals surface area contributed by atoms with Crippen molar-refractivity contribution in [2.75, 3.05) is 0 Å². The lowest BCUT2D eigenvalue weighted by atomic mass is 10.2. The summed E-state index contributed by atoms with van der Waals surface area (Å²) in [6, 6.07) is 8.48. The van der Waals surface area contributed by atoms with Crippen LogP contribution in [0.3, 0.4) is 0 Å². The molecule has 0 spiro atoms. The van der Waals surface area contributed by atoms with Crippen LogP contribution in [0.2, 0.25) is 0 Å². The van der Waals surface area contributed by atoms with E-state index in [1.54, 1.807) is 0 Å². The normalized spacial score (nSPS) is 15.2. The molecular weight excluding hydrogens is 272 g/mol. The van der Waals surface area contributed by atoms with E-state index in [9.17, 15) is 9.59 Å². The van der Waals surface area contributed by atoms with Crippen LogP contribution in [0.4, 0.5) is 0 Å². The van der Waals surface area contributed by atoms with Gasteiger partial charge in [-0.25, -0.2) is 15.2 Å². The molecule has 1 aliphatic heterocycles. The smallest absolute Gasteiger partial charge is 0.345 e. The Balaban J connectivity index is 0.000000354. The summed E-state index contributed by atoms with van der Waals surface area (Å²) in [7, 11) is 0. The largest absolute Gasteiger partial charge is 0.479 e. The first kappa shape index (κ1) is 18.6. The zero-order valence-electron chi connectivity index (χ0n) is 12.7. The second kappa shape index (κ2) is 10.4. The molecule has 0 saturated heterocycles. The molecule has 21 heavy (non-hydrogen) atoms. The molecule has 0 aliphatic carbocycles. The Labute approximate surface area is 124 Å². The monoisotopic (exact) mass is 294 g/mol. The second-order valence-electron chi connectivity index (χ2n) is 3.90. The molecule has 2 rings (SSSR count). The van der Waals surface area contributed by atoms with Crippen LogP contribution in [-0.2, 0) is 9.59 Å². The number of rotatable bonds is 2. The first-order valence-electron chi connectivity index (χ1n) is 6.58. The lowest BCUT2D eigenvalue weighted by molar-refractivity contribution is -0.139. The van der Waals surface area contributed by atoms with E-state index >= 15 is 0 Å². The average Bonchev–Trinajstić information content (AvgIpc) is 2.94. The molecule has 4 N–H and O–H groups in total. The van der Waals surface area contributed by atoms with Crippen molar-refractivity contribution in [2.24, 2.45) is 4.99 Å². The minimum atomic E-state index is -1.11. The predicted octanol–water partition coefficient (Wildman–Crippen LogP) is 0.937. The van der Waals surface area contributed by atoms with Gasteiger partial charge in [0.15, 0.2) is 0 Å². The Hall–Kier alpha value is -2.41. The number of hydrazine groups is 1. The molecule has 1 atom stereocenters. The van der Waals surface area contributed by atoms with E-state index in [0.29, 0.717) is 6.41 Å². The summed E-state index contributed by atoms with van der Waals surface area (Å²) in [5.41, 5.74) is 7.34. The van der Waals surface area contributed by atoms with Crippen molar-refractivity contribution >= 4 is 18.3 Å². The fraction of sp³-hybridized carbons (Fsp3) is 0.357. The third kappa shape index (κ3) is 7.68. The Morgan fingerprint density at radius 2 is 1.71 bits per heavy atom. The molecule has 116 valence electrons. The summed E-state index contributed by atoms with van der Waals surface area (Å²) < 4.78 is 0. The van der Waals surface area contributed by atoms with Gasteiger partial charge in [-0.2, -0.15) is 0 Å². The van der Waals surface area contributed by atoms with E-state index < -0.39 is 12.1 Å². The van der Waals surface area contributed by atoms with Gasteiger partial charge >= 0.3 is 5.97 Å². The number of carboxylic acid groups (broad SMARTS) is 1. The second-order valence-corrected chi connectivity index (χ2v) is 3.90. The SMILES string of the molecule is CC.Cc1ccc(C)cc1.O=CNC1=NC(C(=O)O)NN1. The standard InChI is InChI=1S/C8H10.C4H6N4O3.C2H6/c1-7-3-5-8(2)6-4-7;9-1-5-4-6-2(3(10)11)7-8-4;1-2/h3-6H,1-2H3;1-2,7H,(H,10,11)(H2,5,6,8,9);1-2H3. The molecule has 1 unspecified atom stereocenters. The number of carbonyl (C=O) groups excluding carboxylic acids is 1. The quantitative estimate of drug-likeness (QED) is 0.608. The van der Waals surface area contributed by atoms with Crippen molar-refractivity contribution in [1.29, 1.82) is 0 Å². The zero-order chi connectivity index (χ0) is 16.3. The van der Waals surface area contributed by atoms with Crippen molar-refractivity contribution in [3.05, 3.63) is 35.4 Å². The van der Waals surface area contributed by atoms with E-state index in [4.69, 9.17) is 5.11 Å². The van der Waals surface area contributed by atoms with E-state index in [1.807, 2.05) is 13.8 Å². The number of aliphatic imine (C=N–C) groups is 1. The maximum atomic E-state index is 10.2. The van der Waals surface area contributed by atoms with Gasteiger partial charge in [0, 0.05) is 0 Å². The number of aryl methyl sites for hydroxylation is 2. The molecule has 1 amide bonds. The number of hydrogen-bond donors (Lipinski definition) is 4. The number of nitrogens with one attached hydrogen (secondary N) is 3. The Bertz CT molecular complexity index is 451. The van der Waals surface area contributed by atoms with Crippen LogP contribution in [0.5, 0.6) is 0 Å². The summed E-state index contributed by atoms with van der Waals surface area (Å²) >= 11 is 0. The van der Waals surface area contributed by atoms with Crippen LogP contribution in [-0.4, -0.2) is 29.6 Å². The van der Waals surface area contributed by atoms with Crippen molar-refractivity contribution < 1.29 is 14.7 Å². The maximum Gasteiger partial charge on any atom is 0.345 e. The van der Waals surface area contributed by atoms with E-state index in [2.05, 4.69) is 59.3 Å². The summed E-state index contributed by atoms with van der Waals surface area (Å²) in [4.78, 5) is 23.6. The summed E-state index contributed by atoms with van der Waals surface area (Å²) in [5.74, 6) is -1.01. The molecule has 1 heterocycles. The Kier molecular flexibility index (Phi) is 9.19. The van der Waals surface area contributed by atoms with Gasteiger partial charge in [-0.1, -0.05) is 49.2 Å². The van der Waals surface area contributed by atoms with Gasteiger partial charge in [0.1, 0.15) is 0 Å². The van der Waals surface area contributed by atoms with E-state index in [1.165, 1.54) is 11.1 Å². The van der Waals surface area contributed by atoms with E-state index in [0.717, 1.165) is 0 Å². The molecule has 0 radical (unpaired) electrons. The molecule has 0 aromatic heterocycles. The highest BCUT2D eigenvalue weighted by Gasteiger charge is 2.21. The third-order valence-electron chi connectivity index (χ3n) is 2.23. The molecule has 0 bridgehead atoms. The van der Waals surface area contributed by atoms with Gasteiger partial charge in [-0.3, -0.25) is 15.5 Å². The summed E-state index contributed by atoms with van der Waals surface area (Å²) in [6.07, 6.45) is -0.630. The molecule has 0 saturated carbocycles. The fourth-order valence-corrected chi connectivity index (χ4v) is 1.21. The average molecular weight is 294 g/mol. The van der Waals surface area contributed by atoms with Crippen LogP contribution in [0.15, 0.2) is 29.3 Å². The lowest BCUT2D eigenvalue weighted by Gasteiger charge is -1.98. The number of carbonyl (C=O) groups is 2. The van der Waals surface area contributed by atoms with Gasteiger partial charge in [0.25, 0.3) is 0 Å². The first-order valence-corrected chi connectivity index (χ1v) is 6.58. The van der Waals surface area contributed by atoms with Gasteiger partial charge in [0.05, 0.1) is 0 Å². The van der Waals surface area contributed by atoms with Crippen LogP contribution in [0, 0.1) is 13.8 Å². The van der Waals surface area contributed by atoms with E-state index in [-0.39, 0.29) is 5.96 Å². The van der Waals surface area contributed by atoms with Crippen molar-refractivity contribution in [1.82, 2.24) is 16.2 Å². The van der Waals surface area contributed by atoms with Gasteiger partial charge in [-0.15, -0.1) is 0 Å². The minimum Gasteiger partial charge on any atom is -0.479 e. The van der Waals surface area contributed by atoms with Crippen LogP contribution in [0.25, 0.3) is 0 Å². The number of nitrogens with zero attached hydrogens (tertiary/aromatic N) is 1.